The molecule has 1 aliphatic rings. The third-order valence-corrected chi connectivity index (χ3v) is 4.27. The standard InChI is InChI=1S/C21H16/c1-15(16-8-3-2-4-9-16)19-13-7-11-18-14-17-10-5-6-12-20(17)21(18)19/h2-13H,1,14H2. The molecule has 100 valence electrons. The van der Waals surface area contributed by atoms with E-state index in [9.17, 15) is 0 Å². The van der Waals surface area contributed by atoms with E-state index in [0.29, 0.717) is 0 Å². The molecule has 0 spiro atoms. The van der Waals surface area contributed by atoms with Crippen LogP contribution in [0.25, 0.3) is 16.7 Å². The monoisotopic (exact) mass is 268 g/mol. The van der Waals surface area contributed by atoms with Gasteiger partial charge in [0.05, 0.1) is 0 Å². The van der Waals surface area contributed by atoms with E-state index in [1.807, 2.05) is 6.07 Å². The highest BCUT2D eigenvalue weighted by molar-refractivity contribution is 5.92. The minimum atomic E-state index is 1.03. The van der Waals surface area contributed by atoms with Crippen LogP contribution in [0.4, 0.5) is 0 Å². The Bertz CT molecular complexity index is 826. The van der Waals surface area contributed by atoms with E-state index in [2.05, 4.69) is 73.3 Å². The van der Waals surface area contributed by atoms with Crippen molar-refractivity contribution in [2.45, 2.75) is 6.42 Å². The van der Waals surface area contributed by atoms with Crippen molar-refractivity contribution in [2.75, 3.05) is 0 Å². The Morgan fingerprint density at radius 1 is 0.714 bits per heavy atom. The van der Waals surface area contributed by atoms with E-state index in [0.717, 1.165) is 12.0 Å². The Morgan fingerprint density at radius 3 is 2.29 bits per heavy atom. The van der Waals surface area contributed by atoms with E-state index in [-0.39, 0.29) is 0 Å². The lowest BCUT2D eigenvalue weighted by atomic mass is 9.91. The van der Waals surface area contributed by atoms with Gasteiger partial charge in [0.1, 0.15) is 0 Å². The second-order valence-corrected chi connectivity index (χ2v) is 5.52. The van der Waals surface area contributed by atoms with Gasteiger partial charge in [-0.3, -0.25) is 0 Å². The zero-order valence-electron chi connectivity index (χ0n) is 11.8. The van der Waals surface area contributed by atoms with Crippen LogP contribution >= 0.6 is 0 Å². The highest BCUT2D eigenvalue weighted by Crippen LogP contribution is 2.41. The summed E-state index contributed by atoms with van der Waals surface area (Å²) in [7, 11) is 0. The molecule has 0 unspecified atom stereocenters. The van der Waals surface area contributed by atoms with Crippen LogP contribution in [-0.4, -0.2) is 0 Å². The first-order valence-electron chi connectivity index (χ1n) is 7.29. The molecule has 4 rings (SSSR count). The molecule has 0 saturated heterocycles. The van der Waals surface area contributed by atoms with Crippen LogP contribution in [0.2, 0.25) is 0 Å². The van der Waals surface area contributed by atoms with Gasteiger partial charge in [-0.15, -0.1) is 0 Å². The first kappa shape index (κ1) is 12.2. The van der Waals surface area contributed by atoms with Crippen LogP contribution in [0.5, 0.6) is 0 Å². The Hall–Kier alpha value is -2.60. The van der Waals surface area contributed by atoms with Gasteiger partial charge in [-0.1, -0.05) is 79.4 Å². The lowest BCUT2D eigenvalue weighted by molar-refractivity contribution is 1.26. The quantitative estimate of drug-likeness (QED) is 0.461. The molecule has 0 bridgehead atoms. The number of fused-ring (bicyclic) bond motifs is 3. The van der Waals surface area contributed by atoms with Gasteiger partial charge in [-0.25, -0.2) is 0 Å². The maximum absolute atomic E-state index is 4.35. The molecule has 0 saturated carbocycles. The minimum absolute atomic E-state index is 1.03. The molecular formula is C21H16. The summed E-state index contributed by atoms with van der Waals surface area (Å²) in [4.78, 5) is 0. The Balaban J connectivity index is 1.91. The molecule has 0 nitrogen and oxygen atoms in total. The number of hydrogen-bond donors (Lipinski definition) is 0. The summed E-state index contributed by atoms with van der Waals surface area (Å²) in [5.41, 5.74) is 9.09. The van der Waals surface area contributed by atoms with Crippen LogP contribution in [0.15, 0.2) is 79.4 Å². The summed E-state index contributed by atoms with van der Waals surface area (Å²) < 4.78 is 0. The van der Waals surface area contributed by atoms with Crippen molar-refractivity contribution in [2.24, 2.45) is 0 Å². The zero-order valence-corrected chi connectivity index (χ0v) is 11.8. The fourth-order valence-electron chi connectivity index (χ4n) is 3.24. The minimum Gasteiger partial charge on any atom is -0.0905 e. The first-order chi connectivity index (χ1) is 10.3. The summed E-state index contributed by atoms with van der Waals surface area (Å²) in [6.45, 7) is 4.35. The molecule has 3 aromatic rings. The van der Waals surface area contributed by atoms with Gasteiger partial charge in [-0.05, 0) is 45.4 Å². The smallest absolute Gasteiger partial charge is 0.00132 e. The molecule has 0 heteroatoms. The Labute approximate surface area is 125 Å². The molecule has 0 aliphatic heterocycles. The second kappa shape index (κ2) is 4.75. The highest BCUT2D eigenvalue weighted by atomic mass is 14.2. The van der Waals surface area contributed by atoms with Crippen LogP contribution in [-0.2, 0) is 6.42 Å². The maximum Gasteiger partial charge on any atom is -0.00132 e. The summed E-state index contributed by atoms with van der Waals surface area (Å²) in [5.74, 6) is 0. The summed E-state index contributed by atoms with van der Waals surface area (Å²) >= 11 is 0. The van der Waals surface area contributed by atoms with Gasteiger partial charge in [0.25, 0.3) is 0 Å². The molecular weight excluding hydrogens is 252 g/mol. The van der Waals surface area contributed by atoms with E-state index in [1.54, 1.807) is 0 Å². The first-order valence-corrected chi connectivity index (χ1v) is 7.29. The summed E-state index contributed by atoms with van der Waals surface area (Å²) in [5, 5.41) is 0. The van der Waals surface area contributed by atoms with Crippen LogP contribution < -0.4 is 0 Å². The third kappa shape index (κ3) is 1.92. The average Bonchev–Trinajstić information content (AvgIpc) is 2.93. The molecule has 0 N–H and O–H groups in total. The van der Waals surface area contributed by atoms with Gasteiger partial charge in [0.2, 0.25) is 0 Å². The van der Waals surface area contributed by atoms with Crippen molar-refractivity contribution in [1.29, 1.82) is 0 Å². The molecule has 0 fully saturated rings. The highest BCUT2D eigenvalue weighted by Gasteiger charge is 2.21. The molecule has 1 aliphatic carbocycles. The molecule has 0 heterocycles. The van der Waals surface area contributed by atoms with Crippen molar-refractivity contribution in [3.63, 3.8) is 0 Å². The lowest BCUT2D eigenvalue weighted by Gasteiger charge is -2.12. The normalized spacial score (nSPS) is 11.8. The average molecular weight is 268 g/mol. The SMILES string of the molecule is C=C(c1ccccc1)c1cccc2c1-c1ccccc1C2. The molecule has 0 amide bonds. The third-order valence-electron chi connectivity index (χ3n) is 4.27. The number of hydrogen-bond acceptors (Lipinski definition) is 0. The van der Waals surface area contributed by atoms with Crippen molar-refractivity contribution in [3.8, 4) is 11.1 Å². The van der Waals surface area contributed by atoms with Crippen molar-refractivity contribution < 1.29 is 0 Å². The van der Waals surface area contributed by atoms with Crippen LogP contribution in [0.1, 0.15) is 22.3 Å². The predicted molar refractivity (Wildman–Crippen MR) is 89.3 cm³/mol. The molecule has 21 heavy (non-hydrogen) atoms. The summed E-state index contributed by atoms with van der Waals surface area (Å²) in [6, 6.07) is 25.7. The summed E-state index contributed by atoms with van der Waals surface area (Å²) in [6.07, 6.45) is 1.03. The van der Waals surface area contributed by atoms with Crippen molar-refractivity contribution in [1.82, 2.24) is 0 Å². The lowest BCUT2D eigenvalue weighted by Crippen LogP contribution is -1.91. The largest absolute Gasteiger partial charge is 0.0905 e. The van der Waals surface area contributed by atoms with Crippen LogP contribution in [0, 0.1) is 0 Å². The van der Waals surface area contributed by atoms with Gasteiger partial charge in [0.15, 0.2) is 0 Å². The Kier molecular flexibility index (Phi) is 2.75. The predicted octanol–water partition coefficient (Wildman–Crippen LogP) is 5.32. The molecule has 0 atom stereocenters. The fourth-order valence-corrected chi connectivity index (χ4v) is 3.24. The van der Waals surface area contributed by atoms with E-state index in [1.165, 1.54) is 33.4 Å². The maximum atomic E-state index is 4.35. The van der Waals surface area contributed by atoms with Crippen LogP contribution in [0.3, 0.4) is 0 Å². The number of rotatable bonds is 2. The van der Waals surface area contributed by atoms with Crippen molar-refractivity contribution >= 4 is 5.57 Å². The topological polar surface area (TPSA) is 0 Å². The number of benzene rings is 3. The zero-order chi connectivity index (χ0) is 14.2. The van der Waals surface area contributed by atoms with E-state index >= 15 is 0 Å². The van der Waals surface area contributed by atoms with Gasteiger partial charge >= 0.3 is 0 Å². The van der Waals surface area contributed by atoms with Gasteiger partial charge in [0, 0.05) is 0 Å². The van der Waals surface area contributed by atoms with E-state index in [4.69, 9.17) is 0 Å². The second-order valence-electron chi connectivity index (χ2n) is 5.52. The fraction of sp³-hybridized carbons (Fsp3) is 0.0476. The van der Waals surface area contributed by atoms with Gasteiger partial charge in [-0.2, -0.15) is 0 Å². The molecule has 3 aromatic carbocycles. The molecule has 0 aromatic heterocycles. The van der Waals surface area contributed by atoms with Crippen molar-refractivity contribution in [3.05, 3.63) is 102 Å². The van der Waals surface area contributed by atoms with Gasteiger partial charge < -0.3 is 0 Å². The van der Waals surface area contributed by atoms with E-state index < -0.39 is 0 Å². The molecule has 0 radical (unpaired) electrons. The Morgan fingerprint density at radius 2 is 1.43 bits per heavy atom.